The topological polar surface area (TPSA) is 65.2 Å². The lowest BCUT2D eigenvalue weighted by atomic mass is 10.0. The van der Waals surface area contributed by atoms with Gasteiger partial charge in [-0.25, -0.2) is 14.8 Å². The monoisotopic (exact) mass is 378 g/mol. The molecule has 3 aromatic heterocycles. The van der Waals surface area contributed by atoms with Crippen LogP contribution < -0.4 is 10.4 Å². The van der Waals surface area contributed by atoms with Crippen LogP contribution in [-0.2, 0) is 19.4 Å². The summed E-state index contributed by atoms with van der Waals surface area (Å²) in [6.07, 6.45) is 4.89. The number of nitrogens with zero attached hydrogens (tertiary/aromatic N) is 2. The molecular formula is C21H18N2O3S. The maximum absolute atomic E-state index is 12.0. The minimum absolute atomic E-state index is 0.265. The van der Waals surface area contributed by atoms with Gasteiger partial charge in [0, 0.05) is 21.9 Å². The lowest BCUT2D eigenvalue weighted by Gasteiger charge is -2.10. The van der Waals surface area contributed by atoms with Crippen LogP contribution in [0.3, 0.4) is 0 Å². The zero-order valence-electron chi connectivity index (χ0n) is 15.2. The van der Waals surface area contributed by atoms with E-state index in [2.05, 4.69) is 9.97 Å². The van der Waals surface area contributed by atoms with Crippen LogP contribution in [0.1, 0.15) is 33.6 Å². The molecule has 0 radical (unpaired) electrons. The summed E-state index contributed by atoms with van der Waals surface area (Å²) in [4.78, 5) is 23.2. The molecule has 27 heavy (non-hydrogen) atoms. The molecule has 1 aliphatic carbocycles. The molecular weight excluding hydrogens is 360 g/mol. The van der Waals surface area contributed by atoms with E-state index in [4.69, 9.17) is 9.15 Å². The highest BCUT2D eigenvalue weighted by Crippen LogP contribution is 2.40. The van der Waals surface area contributed by atoms with Gasteiger partial charge < -0.3 is 9.15 Å². The van der Waals surface area contributed by atoms with Crippen molar-refractivity contribution in [1.82, 2.24) is 9.97 Å². The third-order valence-electron chi connectivity index (χ3n) is 5.28. The van der Waals surface area contributed by atoms with Crippen molar-refractivity contribution < 1.29 is 9.15 Å². The van der Waals surface area contributed by atoms with Crippen molar-refractivity contribution in [2.24, 2.45) is 0 Å². The van der Waals surface area contributed by atoms with Gasteiger partial charge in [0.05, 0.1) is 5.39 Å². The van der Waals surface area contributed by atoms with E-state index in [-0.39, 0.29) is 12.2 Å². The third kappa shape index (κ3) is 2.72. The second-order valence-corrected chi connectivity index (χ2v) is 8.11. The largest absolute Gasteiger partial charge is 0.472 e. The minimum Gasteiger partial charge on any atom is -0.472 e. The van der Waals surface area contributed by atoms with Crippen LogP contribution in [-0.4, -0.2) is 9.97 Å². The molecule has 0 unspecified atom stereocenters. The van der Waals surface area contributed by atoms with Gasteiger partial charge in [0.15, 0.2) is 0 Å². The molecule has 0 bridgehead atoms. The Bertz CT molecular complexity index is 1260. The van der Waals surface area contributed by atoms with E-state index in [0.717, 1.165) is 45.1 Å². The van der Waals surface area contributed by atoms with E-state index < -0.39 is 0 Å². The summed E-state index contributed by atoms with van der Waals surface area (Å²) in [6.45, 7) is 4.32. The summed E-state index contributed by atoms with van der Waals surface area (Å²) in [5.41, 5.74) is 4.60. The molecule has 0 fully saturated rings. The fourth-order valence-corrected chi connectivity index (χ4v) is 4.98. The minimum atomic E-state index is -0.367. The number of aromatic nitrogens is 2. The molecule has 0 aliphatic heterocycles. The van der Waals surface area contributed by atoms with E-state index in [0.29, 0.717) is 11.5 Å². The number of hydrogen-bond donors (Lipinski definition) is 0. The zero-order chi connectivity index (χ0) is 18.5. The van der Waals surface area contributed by atoms with E-state index in [1.54, 1.807) is 17.7 Å². The molecule has 5 rings (SSSR count). The molecule has 136 valence electrons. The van der Waals surface area contributed by atoms with Crippen molar-refractivity contribution >= 4 is 32.5 Å². The van der Waals surface area contributed by atoms with Gasteiger partial charge in [-0.2, -0.15) is 0 Å². The third-order valence-corrected chi connectivity index (χ3v) is 6.48. The molecule has 1 aromatic carbocycles. The molecule has 1 aliphatic rings. The average molecular weight is 378 g/mol. The predicted molar refractivity (Wildman–Crippen MR) is 106 cm³/mol. The summed E-state index contributed by atoms with van der Waals surface area (Å²) in [5, 5.41) is 1.94. The molecule has 3 heterocycles. The van der Waals surface area contributed by atoms with Gasteiger partial charge in [-0.15, -0.1) is 11.3 Å². The summed E-state index contributed by atoms with van der Waals surface area (Å²) in [5.74, 6) is 0.602. The zero-order valence-corrected chi connectivity index (χ0v) is 16.0. The van der Waals surface area contributed by atoms with Gasteiger partial charge >= 0.3 is 5.63 Å². The Labute approximate surface area is 159 Å². The molecule has 6 heteroatoms. The van der Waals surface area contributed by atoms with Gasteiger partial charge in [-0.1, -0.05) is 0 Å². The molecule has 0 amide bonds. The lowest BCUT2D eigenvalue weighted by Crippen LogP contribution is -2.05. The quantitative estimate of drug-likeness (QED) is 0.492. The van der Waals surface area contributed by atoms with Crippen LogP contribution in [0.5, 0.6) is 5.88 Å². The number of aryl methyl sites for hydroxylation is 4. The van der Waals surface area contributed by atoms with Crippen molar-refractivity contribution in [3.05, 3.63) is 62.1 Å². The molecule has 5 nitrogen and oxygen atoms in total. The first-order valence-electron chi connectivity index (χ1n) is 9.02. The first-order chi connectivity index (χ1) is 13.1. The van der Waals surface area contributed by atoms with Crippen molar-refractivity contribution in [1.29, 1.82) is 0 Å². The number of fused-ring (bicyclic) bond motifs is 4. The Kier molecular flexibility index (Phi) is 3.75. The maximum atomic E-state index is 12.0. The van der Waals surface area contributed by atoms with Crippen molar-refractivity contribution in [2.45, 2.75) is 39.7 Å². The normalized spacial score (nSPS) is 13.4. The van der Waals surface area contributed by atoms with Crippen LogP contribution in [0, 0.1) is 13.8 Å². The van der Waals surface area contributed by atoms with E-state index in [1.807, 2.05) is 26.0 Å². The van der Waals surface area contributed by atoms with Crippen LogP contribution in [0.15, 0.2) is 33.7 Å². The SMILES string of the molecule is Cc1cc2oc(=O)cc(COc3ncnc4sc5c(c34)CCC5)c2cc1C. The smallest absolute Gasteiger partial charge is 0.336 e. The maximum Gasteiger partial charge on any atom is 0.336 e. The predicted octanol–water partition coefficient (Wildman–Crippen LogP) is 4.48. The lowest BCUT2D eigenvalue weighted by molar-refractivity contribution is 0.298. The number of rotatable bonds is 3. The molecule has 4 aromatic rings. The fourth-order valence-electron chi connectivity index (χ4n) is 3.76. The Morgan fingerprint density at radius 2 is 2.00 bits per heavy atom. The van der Waals surface area contributed by atoms with Crippen molar-refractivity contribution in [3.8, 4) is 5.88 Å². The summed E-state index contributed by atoms with van der Waals surface area (Å²) in [6, 6.07) is 5.46. The van der Waals surface area contributed by atoms with Gasteiger partial charge in [0.1, 0.15) is 23.3 Å². The highest BCUT2D eigenvalue weighted by molar-refractivity contribution is 7.18. The number of ether oxygens (including phenoxy) is 1. The summed E-state index contributed by atoms with van der Waals surface area (Å²) in [7, 11) is 0. The van der Waals surface area contributed by atoms with Crippen LogP contribution in [0.2, 0.25) is 0 Å². The molecule has 0 N–H and O–H groups in total. The van der Waals surface area contributed by atoms with E-state index >= 15 is 0 Å². The number of benzene rings is 1. The molecule has 0 spiro atoms. The van der Waals surface area contributed by atoms with Crippen LogP contribution >= 0.6 is 11.3 Å². The van der Waals surface area contributed by atoms with Gasteiger partial charge in [0.25, 0.3) is 0 Å². The number of thiophene rings is 1. The fraction of sp³-hybridized carbons (Fsp3) is 0.286. The Balaban J connectivity index is 1.57. The number of hydrogen-bond acceptors (Lipinski definition) is 6. The first kappa shape index (κ1) is 16.4. The molecule has 0 saturated heterocycles. The van der Waals surface area contributed by atoms with Crippen molar-refractivity contribution in [3.63, 3.8) is 0 Å². The van der Waals surface area contributed by atoms with Crippen molar-refractivity contribution in [2.75, 3.05) is 0 Å². The highest BCUT2D eigenvalue weighted by Gasteiger charge is 2.22. The Morgan fingerprint density at radius 1 is 1.15 bits per heavy atom. The summed E-state index contributed by atoms with van der Waals surface area (Å²) >= 11 is 1.73. The second-order valence-electron chi connectivity index (χ2n) is 7.03. The van der Waals surface area contributed by atoms with Crippen LogP contribution in [0.4, 0.5) is 0 Å². The van der Waals surface area contributed by atoms with E-state index in [9.17, 15) is 4.79 Å². The molecule has 0 saturated carbocycles. The second kappa shape index (κ2) is 6.16. The van der Waals surface area contributed by atoms with E-state index in [1.165, 1.54) is 22.9 Å². The average Bonchev–Trinajstić information content (AvgIpc) is 3.22. The first-order valence-corrected chi connectivity index (χ1v) is 9.84. The Hall–Kier alpha value is -2.73. The van der Waals surface area contributed by atoms with Gasteiger partial charge in [0.2, 0.25) is 5.88 Å². The Morgan fingerprint density at radius 3 is 2.89 bits per heavy atom. The van der Waals surface area contributed by atoms with Gasteiger partial charge in [-0.3, -0.25) is 0 Å². The molecule has 0 atom stereocenters. The highest BCUT2D eigenvalue weighted by atomic mass is 32.1. The standard InChI is InChI=1S/C21H18N2O3S/c1-11-6-15-13(8-18(24)26-16(15)7-12(11)2)9-25-20-19-14-4-3-5-17(14)27-21(19)23-10-22-20/h6-8,10H,3-5,9H2,1-2H3. The van der Waals surface area contributed by atoms with Crippen LogP contribution in [0.25, 0.3) is 21.2 Å². The summed E-state index contributed by atoms with van der Waals surface area (Å²) < 4.78 is 11.5. The van der Waals surface area contributed by atoms with Gasteiger partial charge in [-0.05, 0) is 61.9 Å².